The molecule has 1 N–H and O–H groups in total. The number of rotatable bonds is 3. The second-order valence-electron chi connectivity index (χ2n) is 3.40. The Labute approximate surface area is 94.4 Å². The minimum Gasteiger partial charge on any atom is -0.381 e. The van der Waals surface area contributed by atoms with Crippen LogP contribution in [0.2, 0.25) is 0 Å². The molecule has 1 heterocycles. The molecule has 0 atom stereocenters. The Hall–Kier alpha value is -2.34. The molecule has 0 bridgehead atoms. The summed E-state index contributed by atoms with van der Waals surface area (Å²) in [5.41, 5.74) is 2.81. The number of nitrogens with one attached hydrogen (secondary N) is 1. The van der Waals surface area contributed by atoms with Gasteiger partial charge in [0.25, 0.3) is 0 Å². The van der Waals surface area contributed by atoms with Gasteiger partial charge in [-0.3, -0.25) is 4.98 Å². The minimum atomic E-state index is 0.689. The predicted octanol–water partition coefficient (Wildman–Crippen LogP) is 2.57. The summed E-state index contributed by atoms with van der Waals surface area (Å²) >= 11 is 0. The summed E-state index contributed by atoms with van der Waals surface area (Å²) in [7, 11) is 0. The summed E-state index contributed by atoms with van der Waals surface area (Å²) in [6, 6.07) is 13.5. The van der Waals surface area contributed by atoms with Crippen LogP contribution in [-0.2, 0) is 6.54 Å². The highest BCUT2D eigenvalue weighted by Gasteiger charge is 1.95. The van der Waals surface area contributed by atoms with Crippen LogP contribution in [0.25, 0.3) is 0 Å². The number of hydrogen-bond donors (Lipinski definition) is 1. The van der Waals surface area contributed by atoms with E-state index in [0.717, 1.165) is 11.3 Å². The fourth-order valence-electron chi connectivity index (χ4n) is 1.42. The van der Waals surface area contributed by atoms with Gasteiger partial charge in [0.15, 0.2) is 0 Å². The molecule has 78 valence electrons. The highest BCUT2D eigenvalue weighted by atomic mass is 14.9. The molecule has 0 saturated heterocycles. The molecular formula is C13H11N3. The summed E-state index contributed by atoms with van der Waals surface area (Å²) in [4.78, 5) is 3.94. The van der Waals surface area contributed by atoms with Crippen molar-refractivity contribution >= 4 is 5.69 Å². The lowest BCUT2D eigenvalue weighted by Gasteiger charge is -2.05. The van der Waals surface area contributed by atoms with E-state index in [4.69, 9.17) is 5.26 Å². The van der Waals surface area contributed by atoms with Crippen LogP contribution in [0.15, 0.2) is 48.8 Å². The number of nitriles is 1. The van der Waals surface area contributed by atoms with Crippen LogP contribution in [0, 0.1) is 11.3 Å². The largest absolute Gasteiger partial charge is 0.381 e. The fourth-order valence-corrected chi connectivity index (χ4v) is 1.42. The summed E-state index contributed by atoms with van der Waals surface area (Å²) in [6.45, 7) is 0.708. The molecule has 2 aromatic rings. The lowest BCUT2D eigenvalue weighted by Crippen LogP contribution is -1.99. The smallest absolute Gasteiger partial charge is 0.0991 e. The van der Waals surface area contributed by atoms with Gasteiger partial charge in [-0.1, -0.05) is 12.1 Å². The summed E-state index contributed by atoms with van der Waals surface area (Å²) in [6.07, 6.45) is 3.49. The molecule has 0 spiro atoms. The number of pyridine rings is 1. The molecule has 1 aromatic carbocycles. The van der Waals surface area contributed by atoms with E-state index >= 15 is 0 Å². The Morgan fingerprint density at radius 3 is 2.75 bits per heavy atom. The molecule has 0 radical (unpaired) electrons. The maximum absolute atomic E-state index is 8.77. The topological polar surface area (TPSA) is 48.7 Å². The first-order valence-electron chi connectivity index (χ1n) is 5.01. The second kappa shape index (κ2) is 4.94. The Balaban J connectivity index is 2.03. The molecular weight excluding hydrogens is 198 g/mol. The van der Waals surface area contributed by atoms with Gasteiger partial charge in [0, 0.05) is 24.6 Å². The van der Waals surface area contributed by atoms with Crippen LogP contribution in [0.5, 0.6) is 0 Å². The van der Waals surface area contributed by atoms with Gasteiger partial charge in [0.05, 0.1) is 11.6 Å². The summed E-state index contributed by atoms with van der Waals surface area (Å²) in [5.74, 6) is 0. The highest BCUT2D eigenvalue weighted by molar-refractivity contribution is 5.42. The molecule has 16 heavy (non-hydrogen) atoms. The molecule has 2 rings (SSSR count). The Bertz CT molecular complexity index is 500. The van der Waals surface area contributed by atoms with Crippen LogP contribution >= 0.6 is 0 Å². The summed E-state index contributed by atoms with van der Waals surface area (Å²) < 4.78 is 0. The number of benzene rings is 1. The van der Waals surface area contributed by atoms with Gasteiger partial charge < -0.3 is 5.32 Å². The van der Waals surface area contributed by atoms with Gasteiger partial charge in [-0.05, 0) is 29.8 Å². The lowest BCUT2D eigenvalue weighted by molar-refractivity contribution is 1.14. The average Bonchev–Trinajstić information content (AvgIpc) is 2.38. The van der Waals surface area contributed by atoms with Gasteiger partial charge in [0.1, 0.15) is 0 Å². The molecule has 3 nitrogen and oxygen atoms in total. The zero-order valence-electron chi connectivity index (χ0n) is 8.72. The Morgan fingerprint density at radius 1 is 1.19 bits per heavy atom. The molecule has 0 saturated carbocycles. The zero-order valence-corrected chi connectivity index (χ0v) is 8.72. The van der Waals surface area contributed by atoms with Gasteiger partial charge >= 0.3 is 0 Å². The fraction of sp³-hybridized carbons (Fsp3) is 0.0769. The number of hydrogen-bond acceptors (Lipinski definition) is 3. The molecule has 0 aliphatic carbocycles. The van der Waals surface area contributed by atoms with Crippen molar-refractivity contribution < 1.29 is 0 Å². The van der Waals surface area contributed by atoms with Gasteiger partial charge in [-0.25, -0.2) is 0 Å². The van der Waals surface area contributed by atoms with Crippen molar-refractivity contribution in [3.05, 3.63) is 59.9 Å². The van der Waals surface area contributed by atoms with E-state index in [1.807, 2.05) is 30.3 Å². The highest BCUT2D eigenvalue weighted by Crippen LogP contribution is 2.08. The van der Waals surface area contributed by atoms with E-state index < -0.39 is 0 Å². The molecule has 0 aliphatic rings. The normalized spacial score (nSPS) is 9.44. The lowest BCUT2D eigenvalue weighted by atomic mass is 10.1. The maximum atomic E-state index is 8.77. The second-order valence-corrected chi connectivity index (χ2v) is 3.40. The van der Waals surface area contributed by atoms with Crippen molar-refractivity contribution in [2.45, 2.75) is 6.54 Å². The average molecular weight is 209 g/mol. The van der Waals surface area contributed by atoms with Crippen LogP contribution in [-0.4, -0.2) is 4.98 Å². The van der Waals surface area contributed by atoms with E-state index in [9.17, 15) is 0 Å². The first kappa shape index (κ1) is 10.2. The van der Waals surface area contributed by atoms with Gasteiger partial charge in [0.2, 0.25) is 0 Å². The van der Waals surface area contributed by atoms with Crippen molar-refractivity contribution in [2.75, 3.05) is 5.32 Å². The van der Waals surface area contributed by atoms with Crippen molar-refractivity contribution in [3.8, 4) is 6.07 Å². The van der Waals surface area contributed by atoms with Crippen molar-refractivity contribution in [1.29, 1.82) is 5.26 Å². The minimum absolute atomic E-state index is 0.689. The number of nitrogens with zero attached hydrogens (tertiary/aromatic N) is 2. The van der Waals surface area contributed by atoms with Gasteiger partial charge in [-0.2, -0.15) is 5.26 Å². The van der Waals surface area contributed by atoms with Crippen molar-refractivity contribution in [3.63, 3.8) is 0 Å². The van der Waals surface area contributed by atoms with E-state index in [2.05, 4.69) is 16.4 Å². The van der Waals surface area contributed by atoms with Crippen LogP contribution in [0.4, 0.5) is 5.69 Å². The van der Waals surface area contributed by atoms with E-state index in [1.165, 1.54) is 0 Å². The first-order chi connectivity index (χ1) is 7.88. The molecule has 0 aliphatic heterocycles. The summed E-state index contributed by atoms with van der Waals surface area (Å²) in [5, 5.41) is 12.0. The third-order valence-corrected chi connectivity index (χ3v) is 2.23. The Morgan fingerprint density at radius 2 is 2.00 bits per heavy atom. The van der Waals surface area contributed by atoms with Crippen molar-refractivity contribution in [2.24, 2.45) is 0 Å². The monoisotopic (exact) mass is 209 g/mol. The molecule has 0 fully saturated rings. The van der Waals surface area contributed by atoms with Crippen LogP contribution in [0.3, 0.4) is 0 Å². The first-order valence-corrected chi connectivity index (χ1v) is 5.01. The molecule has 1 aromatic heterocycles. The number of anilines is 1. The standard InChI is InChI=1S/C13H11N3/c14-9-11-2-1-3-12(8-11)10-16-13-4-6-15-7-5-13/h1-8H,10H2,(H,15,16). The SMILES string of the molecule is N#Cc1cccc(CNc2ccncc2)c1. The quantitative estimate of drug-likeness (QED) is 0.845. The van der Waals surface area contributed by atoms with Crippen LogP contribution < -0.4 is 5.32 Å². The van der Waals surface area contributed by atoms with E-state index in [-0.39, 0.29) is 0 Å². The predicted molar refractivity (Wildman–Crippen MR) is 62.7 cm³/mol. The molecule has 0 unspecified atom stereocenters. The van der Waals surface area contributed by atoms with E-state index in [1.54, 1.807) is 18.5 Å². The Kier molecular flexibility index (Phi) is 3.15. The third kappa shape index (κ3) is 2.58. The molecule has 0 amide bonds. The van der Waals surface area contributed by atoms with Crippen molar-refractivity contribution in [1.82, 2.24) is 4.98 Å². The zero-order chi connectivity index (χ0) is 11.2. The van der Waals surface area contributed by atoms with Gasteiger partial charge in [-0.15, -0.1) is 0 Å². The maximum Gasteiger partial charge on any atom is 0.0991 e. The third-order valence-electron chi connectivity index (χ3n) is 2.23. The van der Waals surface area contributed by atoms with E-state index in [0.29, 0.717) is 12.1 Å². The number of aromatic nitrogens is 1. The van der Waals surface area contributed by atoms with Crippen LogP contribution in [0.1, 0.15) is 11.1 Å². The molecule has 3 heteroatoms.